The maximum atomic E-state index is 11.8. The molecule has 7 heteroatoms. The third-order valence-electron chi connectivity index (χ3n) is 3.04. The van der Waals surface area contributed by atoms with E-state index in [2.05, 4.69) is 21.7 Å². The number of nitrogens with one attached hydrogen (secondary N) is 2. The molecule has 2 rings (SSSR count). The number of aromatic nitrogens is 1. The number of hydrogen-bond donors (Lipinski definition) is 2. The summed E-state index contributed by atoms with van der Waals surface area (Å²) in [7, 11) is 0. The van der Waals surface area contributed by atoms with Crippen LogP contribution in [0.15, 0.2) is 32.8 Å². The standard InChI is InChI=1S/C16H18N4OS2/c1-10(7-17)8-18-15(21)20-14-5-4-13(6-11(14)2)23-16-19-12(3)9-22-16/h4-6,9-10H,8H2,1-3H3,(H2,18,20,21)/t10-/m1/s1. The number of rotatable bonds is 5. The second kappa shape index (κ2) is 7.99. The zero-order valence-electron chi connectivity index (χ0n) is 13.2. The van der Waals surface area contributed by atoms with Crippen LogP contribution in [-0.2, 0) is 0 Å². The Morgan fingerprint density at radius 2 is 2.26 bits per heavy atom. The van der Waals surface area contributed by atoms with Gasteiger partial charge in [-0.05, 0) is 44.5 Å². The van der Waals surface area contributed by atoms with Gasteiger partial charge in [-0.3, -0.25) is 0 Å². The summed E-state index contributed by atoms with van der Waals surface area (Å²) in [5, 5.41) is 16.2. The molecule has 5 nitrogen and oxygen atoms in total. The van der Waals surface area contributed by atoms with Crippen LogP contribution in [0.3, 0.4) is 0 Å². The molecule has 0 aliphatic rings. The quantitative estimate of drug-likeness (QED) is 0.851. The molecule has 1 atom stereocenters. The van der Waals surface area contributed by atoms with Crippen LogP contribution in [0, 0.1) is 31.1 Å². The molecule has 23 heavy (non-hydrogen) atoms. The van der Waals surface area contributed by atoms with Crippen molar-refractivity contribution in [2.45, 2.75) is 30.0 Å². The van der Waals surface area contributed by atoms with Gasteiger partial charge in [-0.1, -0.05) is 11.8 Å². The fraction of sp³-hybridized carbons (Fsp3) is 0.312. The molecule has 0 spiro atoms. The third-order valence-corrected chi connectivity index (χ3v) is 5.08. The molecule has 0 saturated heterocycles. The first-order valence-electron chi connectivity index (χ1n) is 7.13. The number of carbonyl (C=O) groups is 1. The molecule has 2 aromatic rings. The monoisotopic (exact) mass is 346 g/mol. The van der Waals surface area contributed by atoms with Crippen molar-refractivity contribution in [3.8, 4) is 6.07 Å². The molecule has 0 aliphatic carbocycles. The van der Waals surface area contributed by atoms with Crippen LogP contribution in [0.5, 0.6) is 0 Å². The van der Waals surface area contributed by atoms with Crippen molar-refractivity contribution in [3.63, 3.8) is 0 Å². The molecule has 2 N–H and O–H groups in total. The van der Waals surface area contributed by atoms with E-state index in [4.69, 9.17) is 5.26 Å². The van der Waals surface area contributed by atoms with Crippen LogP contribution >= 0.6 is 23.1 Å². The molecule has 2 amide bonds. The van der Waals surface area contributed by atoms with E-state index in [1.165, 1.54) is 0 Å². The van der Waals surface area contributed by atoms with Gasteiger partial charge in [-0.2, -0.15) is 5.26 Å². The van der Waals surface area contributed by atoms with Gasteiger partial charge in [0.25, 0.3) is 0 Å². The molecule has 0 unspecified atom stereocenters. The summed E-state index contributed by atoms with van der Waals surface area (Å²) in [6, 6.07) is 7.64. The molecule has 0 radical (unpaired) electrons. The number of anilines is 1. The van der Waals surface area contributed by atoms with Gasteiger partial charge >= 0.3 is 6.03 Å². The largest absolute Gasteiger partial charge is 0.337 e. The van der Waals surface area contributed by atoms with Crippen LogP contribution in [0.25, 0.3) is 0 Å². The number of nitrogens with zero attached hydrogens (tertiary/aromatic N) is 2. The average molecular weight is 346 g/mol. The Hall–Kier alpha value is -2.04. The smallest absolute Gasteiger partial charge is 0.319 e. The minimum absolute atomic E-state index is 0.206. The van der Waals surface area contributed by atoms with Crippen molar-refractivity contribution in [1.29, 1.82) is 5.26 Å². The lowest BCUT2D eigenvalue weighted by atomic mass is 10.2. The SMILES string of the molecule is Cc1csc(Sc2ccc(NC(=O)NC[C@H](C)C#N)c(C)c2)n1. The Kier molecular flexibility index (Phi) is 6.02. The van der Waals surface area contributed by atoms with Gasteiger partial charge in [0.1, 0.15) is 0 Å². The highest BCUT2D eigenvalue weighted by atomic mass is 32.2. The molecule has 120 valence electrons. The van der Waals surface area contributed by atoms with Crippen LogP contribution < -0.4 is 10.6 Å². The van der Waals surface area contributed by atoms with E-state index in [1.807, 2.05) is 37.4 Å². The van der Waals surface area contributed by atoms with Crippen molar-refractivity contribution in [3.05, 3.63) is 34.8 Å². The predicted molar refractivity (Wildman–Crippen MR) is 94.0 cm³/mol. The van der Waals surface area contributed by atoms with E-state index in [0.717, 1.165) is 26.2 Å². The van der Waals surface area contributed by atoms with Gasteiger partial charge in [0.2, 0.25) is 0 Å². The van der Waals surface area contributed by atoms with E-state index in [-0.39, 0.29) is 11.9 Å². The number of hydrogen-bond acceptors (Lipinski definition) is 5. The number of aryl methyl sites for hydroxylation is 2. The van der Waals surface area contributed by atoms with E-state index < -0.39 is 0 Å². The lowest BCUT2D eigenvalue weighted by Gasteiger charge is -2.11. The second-order valence-electron chi connectivity index (χ2n) is 5.20. The van der Waals surface area contributed by atoms with Crippen molar-refractivity contribution >= 4 is 34.8 Å². The molecule has 0 fully saturated rings. The summed E-state index contributed by atoms with van der Waals surface area (Å²) in [5.41, 5.74) is 2.76. The highest BCUT2D eigenvalue weighted by molar-refractivity contribution is 8.01. The lowest BCUT2D eigenvalue weighted by molar-refractivity contribution is 0.251. The van der Waals surface area contributed by atoms with Crippen LogP contribution in [0.2, 0.25) is 0 Å². The van der Waals surface area contributed by atoms with Gasteiger partial charge in [0.05, 0.1) is 12.0 Å². The van der Waals surface area contributed by atoms with E-state index >= 15 is 0 Å². The Bertz CT molecular complexity index is 736. The van der Waals surface area contributed by atoms with Crippen LogP contribution in [-0.4, -0.2) is 17.6 Å². The van der Waals surface area contributed by atoms with Crippen LogP contribution in [0.1, 0.15) is 18.2 Å². The fourth-order valence-electron chi connectivity index (χ4n) is 1.78. The third kappa shape index (κ3) is 5.27. The molecular weight excluding hydrogens is 328 g/mol. The van der Waals surface area contributed by atoms with Crippen molar-refractivity contribution in [2.24, 2.45) is 5.92 Å². The molecule has 1 aromatic heterocycles. The normalized spacial score (nSPS) is 11.6. The maximum Gasteiger partial charge on any atom is 0.319 e. The van der Waals surface area contributed by atoms with Gasteiger partial charge in [0, 0.05) is 28.2 Å². The summed E-state index contributed by atoms with van der Waals surface area (Å²) in [4.78, 5) is 17.3. The van der Waals surface area contributed by atoms with Gasteiger partial charge in [0.15, 0.2) is 4.34 Å². The van der Waals surface area contributed by atoms with Crippen molar-refractivity contribution < 1.29 is 4.79 Å². The first-order valence-corrected chi connectivity index (χ1v) is 8.82. The molecule has 0 bridgehead atoms. The number of thiazole rings is 1. The Labute approximate surface area is 144 Å². The van der Waals surface area contributed by atoms with E-state index in [1.54, 1.807) is 30.0 Å². The second-order valence-corrected chi connectivity index (χ2v) is 7.38. The molecule has 1 aromatic carbocycles. The first-order chi connectivity index (χ1) is 11.0. The van der Waals surface area contributed by atoms with Crippen molar-refractivity contribution in [2.75, 3.05) is 11.9 Å². The predicted octanol–water partition coefficient (Wildman–Crippen LogP) is 4.19. The van der Waals surface area contributed by atoms with Crippen molar-refractivity contribution in [1.82, 2.24) is 10.3 Å². The highest BCUT2D eigenvalue weighted by Gasteiger charge is 2.08. The maximum absolute atomic E-state index is 11.8. The molecular formula is C16H18N4OS2. The average Bonchev–Trinajstić information content (AvgIpc) is 2.92. The highest BCUT2D eigenvalue weighted by Crippen LogP contribution is 2.32. The summed E-state index contributed by atoms with van der Waals surface area (Å²) in [6.07, 6.45) is 0. The fourth-order valence-corrected chi connectivity index (χ4v) is 3.69. The topological polar surface area (TPSA) is 77.8 Å². The van der Waals surface area contributed by atoms with Gasteiger partial charge < -0.3 is 10.6 Å². The molecule has 1 heterocycles. The number of benzene rings is 1. The van der Waals surface area contributed by atoms with Crippen LogP contribution in [0.4, 0.5) is 10.5 Å². The minimum Gasteiger partial charge on any atom is -0.337 e. The Balaban J connectivity index is 1.96. The summed E-state index contributed by atoms with van der Waals surface area (Å²) < 4.78 is 1.01. The first kappa shape index (κ1) is 17.3. The summed E-state index contributed by atoms with van der Waals surface area (Å²) in [6.45, 7) is 6.02. The van der Waals surface area contributed by atoms with Gasteiger partial charge in [-0.15, -0.1) is 11.3 Å². The number of carbonyl (C=O) groups excluding carboxylic acids is 1. The molecule has 0 aliphatic heterocycles. The Morgan fingerprint density at radius 1 is 1.48 bits per heavy atom. The zero-order chi connectivity index (χ0) is 16.8. The van der Waals surface area contributed by atoms with Gasteiger partial charge in [-0.25, -0.2) is 9.78 Å². The number of nitriles is 1. The molecule has 0 saturated carbocycles. The summed E-state index contributed by atoms with van der Waals surface area (Å²) in [5.74, 6) is -0.206. The number of urea groups is 1. The number of amides is 2. The minimum atomic E-state index is -0.300. The Morgan fingerprint density at radius 3 is 2.87 bits per heavy atom. The lowest BCUT2D eigenvalue weighted by Crippen LogP contribution is -2.32. The summed E-state index contributed by atoms with van der Waals surface area (Å²) >= 11 is 3.23. The van der Waals surface area contributed by atoms with E-state index in [0.29, 0.717) is 6.54 Å². The zero-order valence-corrected chi connectivity index (χ0v) is 14.8. The van der Waals surface area contributed by atoms with E-state index in [9.17, 15) is 4.79 Å².